The number of aryl methyl sites for hydroxylation is 1. The van der Waals surface area contributed by atoms with Crippen molar-refractivity contribution in [2.75, 3.05) is 0 Å². The first kappa shape index (κ1) is 6.70. The van der Waals surface area contributed by atoms with Crippen molar-refractivity contribution >= 4 is 0 Å². The normalized spacial score (nSPS) is 23.2. The Morgan fingerprint density at radius 2 is 2.27 bits per heavy atom. The van der Waals surface area contributed by atoms with Gasteiger partial charge in [-0.3, -0.25) is 0 Å². The minimum Gasteiger partial charge on any atom is -0.396 e. The topological polar surface area (TPSA) is 43.4 Å². The fraction of sp³-hybridized carbons (Fsp3) is 0.625. The van der Waals surface area contributed by atoms with Gasteiger partial charge in [0.15, 0.2) is 5.76 Å². The van der Waals surface area contributed by atoms with Crippen molar-refractivity contribution in [2.45, 2.75) is 32.1 Å². The van der Waals surface area contributed by atoms with Gasteiger partial charge in [0, 0.05) is 12.3 Å². The van der Waals surface area contributed by atoms with E-state index in [4.69, 9.17) is 8.83 Å². The van der Waals surface area contributed by atoms with Crippen LogP contribution in [-0.4, -0.2) is 0 Å². The van der Waals surface area contributed by atoms with Crippen molar-refractivity contribution < 1.29 is 8.83 Å². The van der Waals surface area contributed by atoms with Crippen LogP contribution in [0, 0.1) is 0 Å². The molecule has 1 aliphatic carbocycles. The molecular formula is C8H10O3. The van der Waals surface area contributed by atoms with Crippen LogP contribution < -0.4 is 5.82 Å². The summed E-state index contributed by atoms with van der Waals surface area (Å²) in [6, 6.07) is 0. The molecule has 0 saturated carbocycles. The lowest BCUT2D eigenvalue weighted by atomic mass is 9.93. The van der Waals surface area contributed by atoms with Crippen LogP contribution >= 0.6 is 0 Å². The van der Waals surface area contributed by atoms with Gasteiger partial charge in [0.2, 0.25) is 0 Å². The van der Waals surface area contributed by atoms with Crippen LogP contribution in [0.4, 0.5) is 0 Å². The van der Waals surface area contributed by atoms with E-state index in [9.17, 15) is 4.79 Å². The summed E-state index contributed by atoms with van der Waals surface area (Å²) < 4.78 is 9.75. The molecule has 0 amide bonds. The van der Waals surface area contributed by atoms with E-state index in [1.54, 1.807) is 0 Å². The van der Waals surface area contributed by atoms with E-state index >= 15 is 0 Å². The molecule has 1 heterocycles. The highest BCUT2D eigenvalue weighted by atomic mass is 16.6. The molecule has 1 aliphatic rings. The molecule has 0 aliphatic heterocycles. The molecule has 0 bridgehead atoms. The highest BCUT2D eigenvalue weighted by molar-refractivity contribution is 5.11. The van der Waals surface area contributed by atoms with Crippen molar-refractivity contribution in [3.63, 3.8) is 0 Å². The first-order valence-corrected chi connectivity index (χ1v) is 3.90. The smallest absolute Gasteiger partial charge is 0.396 e. The van der Waals surface area contributed by atoms with Gasteiger partial charge < -0.3 is 8.83 Å². The van der Waals surface area contributed by atoms with Crippen LogP contribution in [0.25, 0.3) is 0 Å². The van der Waals surface area contributed by atoms with Crippen molar-refractivity contribution in [3.05, 3.63) is 22.1 Å². The third-order valence-electron chi connectivity index (χ3n) is 2.16. The first-order chi connectivity index (χ1) is 5.27. The number of rotatable bonds is 0. The van der Waals surface area contributed by atoms with Crippen molar-refractivity contribution in [1.29, 1.82) is 0 Å². The zero-order chi connectivity index (χ0) is 7.84. The number of hydrogen-bond acceptors (Lipinski definition) is 3. The van der Waals surface area contributed by atoms with Crippen LogP contribution in [0.2, 0.25) is 0 Å². The van der Waals surface area contributed by atoms with Gasteiger partial charge in [0.25, 0.3) is 0 Å². The quantitative estimate of drug-likeness (QED) is 0.571. The SMILES string of the molecule is CC1CCCc2oc(=O)oc21. The Balaban J connectivity index is 2.52. The average molecular weight is 154 g/mol. The lowest BCUT2D eigenvalue weighted by molar-refractivity contribution is 0.365. The Morgan fingerprint density at radius 1 is 1.45 bits per heavy atom. The second-order valence-electron chi connectivity index (χ2n) is 3.03. The Hall–Kier alpha value is -0.990. The van der Waals surface area contributed by atoms with E-state index in [0.29, 0.717) is 5.92 Å². The molecule has 60 valence electrons. The van der Waals surface area contributed by atoms with Crippen molar-refractivity contribution in [2.24, 2.45) is 0 Å². The molecular weight excluding hydrogens is 144 g/mol. The first-order valence-electron chi connectivity index (χ1n) is 3.90. The van der Waals surface area contributed by atoms with E-state index in [1.165, 1.54) is 0 Å². The maximum Gasteiger partial charge on any atom is 0.519 e. The Morgan fingerprint density at radius 3 is 3.00 bits per heavy atom. The molecule has 0 N–H and O–H groups in total. The standard InChI is InChI=1S/C8H10O3/c1-5-3-2-4-6-7(5)11-8(9)10-6/h5H,2-4H2,1H3. The number of hydrogen-bond donors (Lipinski definition) is 0. The molecule has 1 atom stereocenters. The van der Waals surface area contributed by atoms with E-state index in [2.05, 4.69) is 6.92 Å². The third kappa shape index (κ3) is 1.00. The zero-order valence-electron chi connectivity index (χ0n) is 6.42. The van der Waals surface area contributed by atoms with Gasteiger partial charge in [-0.25, -0.2) is 4.79 Å². The van der Waals surface area contributed by atoms with Gasteiger partial charge in [-0.1, -0.05) is 6.92 Å². The summed E-state index contributed by atoms with van der Waals surface area (Å²) in [5, 5.41) is 0. The highest BCUT2D eigenvalue weighted by Gasteiger charge is 2.23. The monoisotopic (exact) mass is 154 g/mol. The lowest BCUT2D eigenvalue weighted by Crippen LogP contribution is -2.03. The summed E-state index contributed by atoms with van der Waals surface area (Å²) in [6.07, 6.45) is 3.04. The molecule has 11 heavy (non-hydrogen) atoms. The fourth-order valence-electron chi connectivity index (χ4n) is 1.57. The molecule has 0 aromatic carbocycles. The van der Waals surface area contributed by atoms with Gasteiger partial charge in [0.1, 0.15) is 5.76 Å². The summed E-state index contributed by atoms with van der Waals surface area (Å²) in [4.78, 5) is 10.7. The highest BCUT2D eigenvalue weighted by Crippen LogP contribution is 2.29. The van der Waals surface area contributed by atoms with Gasteiger partial charge >= 0.3 is 5.82 Å². The molecule has 2 rings (SSSR count). The molecule has 0 spiro atoms. The molecule has 1 aromatic heterocycles. The molecule has 3 nitrogen and oxygen atoms in total. The summed E-state index contributed by atoms with van der Waals surface area (Å²) in [7, 11) is 0. The summed E-state index contributed by atoms with van der Waals surface area (Å²) >= 11 is 0. The lowest BCUT2D eigenvalue weighted by Gasteiger charge is -2.13. The van der Waals surface area contributed by atoms with Gasteiger partial charge in [-0.15, -0.1) is 0 Å². The molecule has 0 radical (unpaired) electrons. The minimum absolute atomic E-state index is 0.352. The molecule has 3 heteroatoms. The van der Waals surface area contributed by atoms with Crippen LogP contribution in [0.15, 0.2) is 13.6 Å². The van der Waals surface area contributed by atoms with E-state index in [-0.39, 0.29) is 0 Å². The summed E-state index contributed by atoms with van der Waals surface area (Å²) in [5.41, 5.74) is 0. The molecule has 0 fully saturated rings. The maximum atomic E-state index is 10.7. The third-order valence-corrected chi connectivity index (χ3v) is 2.16. The van der Waals surface area contributed by atoms with E-state index in [1.807, 2.05) is 0 Å². The Labute approximate surface area is 64.0 Å². The Bertz CT molecular complexity index is 307. The molecule has 1 unspecified atom stereocenters. The fourth-order valence-corrected chi connectivity index (χ4v) is 1.57. The van der Waals surface area contributed by atoms with Crippen LogP contribution in [0.3, 0.4) is 0 Å². The summed E-state index contributed by atoms with van der Waals surface area (Å²) in [6.45, 7) is 2.05. The zero-order valence-corrected chi connectivity index (χ0v) is 6.42. The van der Waals surface area contributed by atoms with E-state index < -0.39 is 5.82 Å². The van der Waals surface area contributed by atoms with Crippen LogP contribution in [0.1, 0.15) is 37.2 Å². The second-order valence-corrected chi connectivity index (χ2v) is 3.03. The second kappa shape index (κ2) is 2.26. The average Bonchev–Trinajstić information content (AvgIpc) is 2.31. The predicted octanol–water partition coefficient (Wildman–Crippen LogP) is 1.67. The van der Waals surface area contributed by atoms with Gasteiger partial charge in [0.05, 0.1) is 0 Å². The van der Waals surface area contributed by atoms with Crippen molar-refractivity contribution in [3.8, 4) is 0 Å². The molecule has 0 saturated heterocycles. The largest absolute Gasteiger partial charge is 0.519 e. The van der Waals surface area contributed by atoms with Gasteiger partial charge in [-0.05, 0) is 12.8 Å². The molecule has 1 aromatic rings. The van der Waals surface area contributed by atoms with Gasteiger partial charge in [-0.2, -0.15) is 0 Å². The van der Waals surface area contributed by atoms with Crippen LogP contribution in [-0.2, 0) is 6.42 Å². The van der Waals surface area contributed by atoms with Crippen LogP contribution in [0.5, 0.6) is 0 Å². The number of fused-ring (bicyclic) bond motifs is 1. The Kier molecular flexibility index (Phi) is 1.37. The predicted molar refractivity (Wildman–Crippen MR) is 38.6 cm³/mol. The minimum atomic E-state index is -0.552. The summed E-state index contributed by atoms with van der Waals surface area (Å²) in [5.74, 6) is 1.32. The van der Waals surface area contributed by atoms with Crippen molar-refractivity contribution in [1.82, 2.24) is 0 Å². The maximum absolute atomic E-state index is 10.7. The van der Waals surface area contributed by atoms with E-state index in [0.717, 1.165) is 30.8 Å².